The van der Waals surface area contributed by atoms with Gasteiger partial charge in [-0.3, -0.25) is 4.98 Å². The maximum absolute atomic E-state index is 14.9. The summed E-state index contributed by atoms with van der Waals surface area (Å²) in [7, 11) is 0. The van der Waals surface area contributed by atoms with Crippen molar-refractivity contribution in [3.8, 4) is 11.1 Å². The van der Waals surface area contributed by atoms with E-state index in [0.29, 0.717) is 0 Å². The molecule has 0 bridgehead atoms. The molecule has 31 heavy (non-hydrogen) atoms. The fourth-order valence-corrected chi connectivity index (χ4v) is 3.46. The standard InChI is InChI=1S/C21H20F7N3/c1-19(2,3)10-31-9-14(17(29)20(23,24)25)13-7-15(22)12(8-16(13)31)11-5-4-6-30-18(11)21(26,27)28/h4-9,17H,10,29H2,1-3H3. The van der Waals surface area contributed by atoms with Gasteiger partial charge in [-0.1, -0.05) is 26.8 Å². The first-order valence-corrected chi connectivity index (χ1v) is 9.27. The topological polar surface area (TPSA) is 43.8 Å². The van der Waals surface area contributed by atoms with Crippen LogP contribution in [0.4, 0.5) is 30.7 Å². The van der Waals surface area contributed by atoms with Gasteiger partial charge >= 0.3 is 12.4 Å². The van der Waals surface area contributed by atoms with E-state index in [0.717, 1.165) is 24.4 Å². The van der Waals surface area contributed by atoms with E-state index in [1.807, 2.05) is 20.8 Å². The molecule has 0 radical (unpaired) electrons. The van der Waals surface area contributed by atoms with Crippen LogP contribution in [0.1, 0.15) is 38.1 Å². The molecular weight excluding hydrogens is 427 g/mol. The first-order valence-electron chi connectivity index (χ1n) is 9.27. The Morgan fingerprint density at radius 1 is 1.03 bits per heavy atom. The summed E-state index contributed by atoms with van der Waals surface area (Å²) < 4.78 is 96.4. The maximum atomic E-state index is 14.9. The average molecular weight is 447 g/mol. The van der Waals surface area contributed by atoms with Crippen molar-refractivity contribution in [2.75, 3.05) is 0 Å². The average Bonchev–Trinajstić information content (AvgIpc) is 2.94. The van der Waals surface area contributed by atoms with Crippen LogP contribution in [0.5, 0.6) is 0 Å². The molecule has 0 saturated carbocycles. The zero-order chi connectivity index (χ0) is 23.4. The van der Waals surface area contributed by atoms with Crippen LogP contribution in [0.3, 0.4) is 0 Å². The molecule has 10 heteroatoms. The molecule has 2 N–H and O–H groups in total. The molecule has 168 valence electrons. The van der Waals surface area contributed by atoms with E-state index in [9.17, 15) is 30.7 Å². The van der Waals surface area contributed by atoms with Crippen molar-refractivity contribution >= 4 is 10.9 Å². The van der Waals surface area contributed by atoms with Gasteiger partial charge in [0.15, 0.2) is 5.69 Å². The quantitative estimate of drug-likeness (QED) is 0.468. The predicted octanol–water partition coefficient (Wildman–Crippen LogP) is 6.47. The smallest absolute Gasteiger partial charge is 0.347 e. The number of alkyl halides is 6. The lowest BCUT2D eigenvalue weighted by atomic mass is 9.96. The molecule has 0 aliphatic rings. The van der Waals surface area contributed by atoms with Gasteiger partial charge in [-0.15, -0.1) is 0 Å². The van der Waals surface area contributed by atoms with Gasteiger partial charge in [0.1, 0.15) is 11.9 Å². The first kappa shape index (κ1) is 23.1. The van der Waals surface area contributed by atoms with Gasteiger partial charge in [0.05, 0.1) is 0 Å². The normalized spacial score (nSPS) is 14.3. The molecule has 0 saturated heterocycles. The zero-order valence-electron chi connectivity index (χ0n) is 16.9. The number of benzene rings is 1. The third kappa shape index (κ3) is 4.68. The van der Waals surface area contributed by atoms with Gasteiger partial charge in [-0.25, -0.2) is 4.39 Å². The molecule has 0 aliphatic heterocycles. The van der Waals surface area contributed by atoms with Gasteiger partial charge in [0.25, 0.3) is 0 Å². The fourth-order valence-electron chi connectivity index (χ4n) is 3.46. The van der Waals surface area contributed by atoms with Crippen molar-refractivity contribution in [2.24, 2.45) is 11.1 Å². The van der Waals surface area contributed by atoms with Crippen LogP contribution < -0.4 is 5.73 Å². The minimum absolute atomic E-state index is 0.104. The number of halogens is 7. The first-order chi connectivity index (χ1) is 14.1. The van der Waals surface area contributed by atoms with Crippen LogP contribution in [-0.4, -0.2) is 15.7 Å². The highest BCUT2D eigenvalue weighted by molar-refractivity contribution is 5.89. The molecule has 0 amide bonds. The molecule has 1 atom stereocenters. The van der Waals surface area contributed by atoms with Crippen LogP contribution in [0, 0.1) is 11.2 Å². The second kappa shape index (κ2) is 7.51. The van der Waals surface area contributed by atoms with Crippen molar-refractivity contribution in [1.82, 2.24) is 9.55 Å². The van der Waals surface area contributed by atoms with E-state index in [1.165, 1.54) is 16.8 Å². The molecular formula is C21H20F7N3. The summed E-state index contributed by atoms with van der Waals surface area (Å²) in [5, 5.41) is -0.104. The van der Waals surface area contributed by atoms with Gasteiger partial charge in [-0.05, 0) is 23.6 Å². The molecule has 2 aromatic heterocycles. The van der Waals surface area contributed by atoms with Gasteiger partial charge in [0.2, 0.25) is 0 Å². The van der Waals surface area contributed by atoms with Crippen LogP contribution >= 0.6 is 0 Å². The molecule has 1 aromatic carbocycles. The Hall–Kier alpha value is -2.62. The number of pyridine rings is 1. The third-order valence-electron chi connectivity index (χ3n) is 4.70. The summed E-state index contributed by atoms with van der Waals surface area (Å²) in [5.41, 5.74) is 2.60. The molecule has 0 aliphatic carbocycles. The number of nitrogens with zero attached hydrogens (tertiary/aromatic N) is 2. The SMILES string of the molecule is CC(C)(C)Cn1cc(C(N)C(F)(F)F)c2cc(F)c(-c3cccnc3C(F)(F)F)cc21. The predicted molar refractivity (Wildman–Crippen MR) is 103 cm³/mol. The van der Waals surface area contributed by atoms with Gasteiger partial charge in [-0.2, -0.15) is 26.3 Å². The van der Waals surface area contributed by atoms with Crippen LogP contribution in [0.15, 0.2) is 36.7 Å². The summed E-state index contributed by atoms with van der Waals surface area (Å²) in [6.45, 7) is 5.76. The largest absolute Gasteiger partial charge is 0.433 e. The van der Waals surface area contributed by atoms with Crippen molar-refractivity contribution in [1.29, 1.82) is 0 Å². The van der Waals surface area contributed by atoms with Crippen LogP contribution in [0.25, 0.3) is 22.0 Å². The number of hydrogen-bond acceptors (Lipinski definition) is 2. The Kier molecular flexibility index (Phi) is 5.58. The Morgan fingerprint density at radius 2 is 1.68 bits per heavy atom. The minimum atomic E-state index is -4.84. The lowest BCUT2D eigenvalue weighted by molar-refractivity contribution is -0.149. The second-order valence-electron chi connectivity index (χ2n) is 8.54. The fraction of sp³-hybridized carbons (Fsp3) is 0.381. The highest BCUT2D eigenvalue weighted by Crippen LogP contribution is 2.41. The molecule has 0 spiro atoms. The van der Waals surface area contributed by atoms with E-state index in [-0.39, 0.29) is 28.4 Å². The lowest BCUT2D eigenvalue weighted by Gasteiger charge is -2.20. The Balaban J connectivity index is 2.32. The molecule has 1 unspecified atom stereocenters. The number of rotatable bonds is 3. The lowest BCUT2D eigenvalue weighted by Crippen LogP contribution is -2.28. The monoisotopic (exact) mass is 447 g/mol. The highest BCUT2D eigenvalue weighted by atomic mass is 19.4. The molecule has 3 nitrogen and oxygen atoms in total. The van der Waals surface area contributed by atoms with Crippen molar-refractivity contribution in [2.45, 2.75) is 45.7 Å². The van der Waals surface area contributed by atoms with Gasteiger partial charge in [0, 0.05) is 46.5 Å². The number of fused-ring (bicyclic) bond motifs is 1. The van der Waals surface area contributed by atoms with Crippen molar-refractivity contribution in [3.63, 3.8) is 0 Å². The van der Waals surface area contributed by atoms with E-state index in [2.05, 4.69) is 4.98 Å². The summed E-state index contributed by atoms with van der Waals surface area (Å²) >= 11 is 0. The van der Waals surface area contributed by atoms with E-state index in [4.69, 9.17) is 5.73 Å². The maximum Gasteiger partial charge on any atom is 0.433 e. The Morgan fingerprint density at radius 3 is 2.23 bits per heavy atom. The zero-order valence-corrected chi connectivity index (χ0v) is 16.9. The molecule has 3 aromatic rings. The minimum Gasteiger partial charge on any atom is -0.347 e. The molecule has 2 heterocycles. The Bertz CT molecular complexity index is 1110. The number of aromatic nitrogens is 2. The van der Waals surface area contributed by atoms with E-state index >= 15 is 0 Å². The van der Waals surface area contributed by atoms with Crippen LogP contribution in [-0.2, 0) is 12.7 Å². The molecule has 3 rings (SSSR count). The van der Waals surface area contributed by atoms with Crippen molar-refractivity contribution < 1.29 is 30.7 Å². The summed E-state index contributed by atoms with van der Waals surface area (Å²) in [4.78, 5) is 3.33. The second-order valence-corrected chi connectivity index (χ2v) is 8.54. The van der Waals surface area contributed by atoms with Crippen LogP contribution in [0.2, 0.25) is 0 Å². The van der Waals surface area contributed by atoms with Gasteiger partial charge < -0.3 is 10.3 Å². The van der Waals surface area contributed by atoms with Crippen molar-refractivity contribution in [3.05, 3.63) is 53.7 Å². The number of hydrogen-bond donors (Lipinski definition) is 1. The Labute approximate surface area is 173 Å². The number of nitrogens with two attached hydrogens (primary N) is 1. The summed E-state index contributed by atoms with van der Waals surface area (Å²) in [6, 6.07) is 1.85. The van der Waals surface area contributed by atoms with E-state index < -0.39 is 41.0 Å². The van der Waals surface area contributed by atoms with E-state index in [1.54, 1.807) is 0 Å². The summed E-state index contributed by atoms with van der Waals surface area (Å²) in [6.07, 6.45) is -7.49. The highest BCUT2D eigenvalue weighted by Gasteiger charge is 2.40. The third-order valence-corrected chi connectivity index (χ3v) is 4.70. The molecule has 0 fully saturated rings. The summed E-state index contributed by atoms with van der Waals surface area (Å²) in [5.74, 6) is -1.10.